The number of hydrogen-bond acceptors (Lipinski definition) is 4. The molecular formula is C21H17ClN4O. The van der Waals surface area contributed by atoms with E-state index >= 15 is 0 Å². The van der Waals surface area contributed by atoms with Crippen LogP contribution in [0.4, 0.5) is 5.82 Å². The molecule has 1 N–H and O–H groups in total. The van der Waals surface area contributed by atoms with Gasteiger partial charge in [0.1, 0.15) is 5.82 Å². The zero-order chi connectivity index (χ0) is 18.5. The molecule has 2 fully saturated rings. The zero-order valence-corrected chi connectivity index (χ0v) is 15.3. The van der Waals surface area contributed by atoms with Crippen molar-refractivity contribution in [3.8, 4) is 11.8 Å². The van der Waals surface area contributed by atoms with Crippen molar-refractivity contribution >= 4 is 28.3 Å². The number of benzene rings is 2. The molecule has 0 spiro atoms. The van der Waals surface area contributed by atoms with E-state index in [1.165, 1.54) is 0 Å². The minimum absolute atomic E-state index is 0.352. The van der Waals surface area contributed by atoms with Crippen LogP contribution in [0, 0.1) is 11.3 Å². The Labute approximate surface area is 161 Å². The monoisotopic (exact) mass is 376 g/mol. The Kier molecular flexibility index (Phi) is 3.70. The van der Waals surface area contributed by atoms with Crippen molar-refractivity contribution in [2.75, 3.05) is 5.32 Å². The van der Waals surface area contributed by atoms with Crippen molar-refractivity contribution in [2.45, 2.75) is 37.6 Å². The van der Waals surface area contributed by atoms with Crippen LogP contribution in [-0.4, -0.2) is 15.6 Å². The van der Waals surface area contributed by atoms with E-state index in [4.69, 9.17) is 11.6 Å². The molecule has 5 rings (SSSR count). The first-order valence-corrected chi connectivity index (χ1v) is 9.56. The SMILES string of the molecule is N#Cc1cc2c(NC3CC3)nc(=O)n(-c3ccccc3Cl)c2cc1C1CC1. The molecule has 0 saturated heterocycles. The molecule has 0 aliphatic heterocycles. The minimum atomic E-state index is -0.370. The maximum absolute atomic E-state index is 12.9. The molecule has 27 heavy (non-hydrogen) atoms. The van der Waals surface area contributed by atoms with E-state index in [0.717, 1.165) is 42.1 Å². The molecule has 2 aliphatic rings. The molecule has 0 amide bonds. The van der Waals surface area contributed by atoms with E-state index in [1.807, 2.05) is 30.3 Å². The van der Waals surface area contributed by atoms with Crippen LogP contribution in [0.3, 0.4) is 0 Å². The summed E-state index contributed by atoms with van der Waals surface area (Å²) in [6.45, 7) is 0. The number of halogens is 1. The third kappa shape index (κ3) is 2.87. The molecule has 2 aromatic carbocycles. The van der Waals surface area contributed by atoms with Gasteiger partial charge in [-0.25, -0.2) is 4.79 Å². The van der Waals surface area contributed by atoms with Gasteiger partial charge in [-0.1, -0.05) is 23.7 Å². The highest BCUT2D eigenvalue weighted by Gasteiger charge is 2.29. The predicted molar refractivity (Wildman–Crippen MR) is 106 cm³/mol. The molecule has 1 aromatic heterocycles. The molecule has 1 heterocycles. The van der Waals surface area contributed by atoms with Crippen molar-refractivity contribution in [1.82, 2.24) is 9.55 Å². The lowest BCUT2D eigenvalue weighted by Gasteiger charge is -2.16. The quantitative estimate of drug-likeness (QED) is 0.734. The number of nitrogens with zero attached hydrogens (tertiary/aromatic N) is 3. The van der Waals surface area contributed by atoms with E-state index in [-0.39, 0.29) is 5.69 Å². The molecule has 134 valence electrons. The highest BCUT2D eigenvalue weighted by atomic mass is 35.5. The number of nitrogens with one attached hydrogen (secondary N) is 1. The van der Waals surface area contributed by atoms with Gasteiger partial charge in [0.15, 0.2) is 0 Å². The van der Waals surface area contributed by atoms with Gasteiger partial charge in [0.05, 0.1) is 27.9 Å². The number of aromatic nitrogens is 2. The smallest absolute Gasteiger partial charge is 0.354 e. The first kappa shape index (κ1) is 16.3. The maximum Gasteiger partial charge on any atom is 0.354 e. The largest absolute Gasteiger partial charge is 0.367 e. The van der Waals surface area contributed by atoms with Crippen LogP contribution in [0.15, 0.2) is 41.2 Å². The number of para-hydroxylation sites is 1. The summed E-state index contributed by atoms with van der Waals surface area (Å²) in [4.78, 5) is 17.2. The highest BCUT2D eigenvalue weighted by molar-refractivity contribution is 6.32. The summed E-state index contributed by atoms with van der Waals surface area (Å²) in [5, 5.41) is 14.3. The van der Waals surface area contributed by atoms with Crippen LogP contribution in [0.25, 0.3) is 16.6 Å². The fourth-order valence-corrected chi connectivity index (χ4v) is 3.73. The molecule has 0 bridgehead atoms. The lowest BCUT2D eigenvalue weighted by atomic mass is 10.0. The van der Waals surface area contributed by atoms with E-state index in [0.29, 0.717) is 34.1 Å². The number of nitriles is 1. The van der Waals surface area contributed by atoms with Crippen LogP contribution in [0.2, 0.25) is 5.02 Å². The highest BCUT2D eigenvalue weighted by Crippen LogP contribution is 2.43. The van der Waals surface area contributed by atoms with Crippen molar-refractivity contribution in [2.24, 2.45) is 0 Å². The summed E-state index contributed by atoms with van der Waals surface area (Å²) in [7, 11) is 0. The van der Waals surface area contributed by atoms with Crippen molar-refractivity contribution in [1.29, 1.82) is 5.26 Å². The number of anilines is 1. The van der Waals surface area contributed by atoms with E-state index in [2.05, 4.69) is 16.4 Å². The normalized spacial score (nSPS) is 16.3. The lowest BCUT2D eigenvalue weighted by molar-refractivity contribution is 0.949. The van der Waals surface area contributed by atoms with Crippen molar-refractivity contribution in [3.63, 3.8) is 0 Å². The van der Waals surface area contributed by atoms with Gasteiger partial charge in [0, 0.05) is 11.4 Å². The molecule has 2 saturated carbocycles. The Balaban J connectivity index is 1.85. The number of hydrogen-bond donors (Lipinski definition) is 1. The Bertz CT molecular complexity index is 1170. The van der Waals surface area contributed by atoms with Gasteiger partial charge in [-0.2, -0.15) is 10.2 Å². The standard InChI is InChI=1S/C21H17ClN4O/c22-17-3-1-2-4-18(17)26-19-10-15(12-5-6-12)13(11-23)9-16(19)20(25-21(26)27)24-14-7-8-14/h1-4,9-10,12,14H,5-8H2,(H,24,25,27). The van der Waals surface area contributed by atoms with Crippen molar-refractivity contribution in [3.05, 3.63) is 63.0 Å². The van der Waals surface area contributed by atoms with E-state index in [9.17, 15) is 10.1 Å². The molecule has 0 atom stereocenters. The Morgan fingerprint density at radius 1 is 1.19 bits per heavy atom. The minimum Gasteiger partial charge on any atom is -0.367 e. The summed E-state index contributed by atoms with van der Waals surface area (Å²) in [6, 6.07) is 13.8. The Morgan fingerprint density at radius 3 is 2.63 bits per heavy atom. The van der Waals surface area contributed by atoms with Crippen LogP contribution in [0.5, 0.6) is 0 Å². The van der Waals surface area contributed by atoms with Crippen LogP contribution < -0.4 is 11.0 Å². The van der Waals surface area contributed by atoms with Gasteiger partial charge in [-0.05, 0) is 61.4 Å². The fourth-order valence-electron chi connectivity index (χ4n) is 3.51. The molecule has 0 radical (unpaired) electrons. The average molecular weight is 377 g/mol. The molecule has 6 heteroatoms. The third-order valence-electron chi connectivity index (χ3n) is 5.21. The molecule has 0 unspecified atom stereocenters. The number of rotatable bonds is 4. The third-order valence-corrected chi connectivity index (χ3v) is 5.53. The van der Waals surface area contributed by atoms with Gasteiger partial charge >= 0.3 is 5.69 Å². The van der Waals surface area contributed by atoms with Gasteiger partial charge in [0.2, 0.25) is 0 Å². The van der Waals surface area contributed by atoms with Gasteiger partial charge in [-0.3, -0.25) is 4.57 Å². The second-order valence-corrected chi connectivity index (χ2v) is 7.70. The van der Waals surface area contributed by atoms with E-state index < -0.39 is 0 Å². The van der Waals surface area contributed by atoms with Crippen molar-refractivity contribution < 1.29 is 0 Å². The second kappa shape index (κ2) is 6.11. The summed E-state index contributed by atoms with van der Waals surface area (Å²) in [5.74, 6) is 0.950. The maximum atomic E-state index is 12.9. The summed E-state index contributed by atoms with van der Waals surface area (Å²) in [5.41, 5.74) is 2.65. The van der Waals surface area contributed by atoms with Gasteiger partial charge in [0.25, 0.3) is 0 Å². The lowest BCUT2D eigenvalue weighted by Crippen LogP contribution is -2.24. The fraction of sp³-hybridized carbons (Fsp3) is 0.286. The van der Waals surface area contributed by atoms with Crippen LogP contribution >= 0.6 is 11.6 Å². The van der Waals surface area contributed by atoms with Gasteiger partial charge < -0.3 is 5.32 Å². The zero-order valence-electron chi connectivity index (χ0n) is 14.6. The molecular weight excluding hydrogens is 360 g/mol. The summed E-state index contributed by atoms with van der Waals surface area (Å²) >= 11 is 6.38. The first-order chi connectivity index (χ1) is 13.2. The molecule has 5 nitrogen and oxygen atoms in total. The van der Waals surface area contributed by atoms with Crippen LogP contribution in [0.1, 0.15) is 42.7 Å². The van der Waals surface area contributed by atoms with Gasteiger partial charge in [-0.15, -0.1) is 0 Å². The average Bonchev–Trinajstić information content (AvgIpc) is 3.56. The predicted octanol–water partition coefficient (Wildman–Crippen LogP) is 4.36. The summed E-state index contributed by atoms with van der Waals surface area (Å²) < 4.78 is 1.56. The first-order valence-electron chi connectivity index (χ1n) is 9.18. The van der Waals surface area contributed by atoms with Crippen LogP contribution in [-0.2, 0) is 0 Å². The number of fused-ring (bicyclic) bond motifs is 1. The Morgan fingerprint density at radius 2 is 1.96 bits per heavy atom. The summed E-state index contributed by atoms with van der Waals surface area (Å²) in [6.07, 6.45) is 4.30. The van der Waals surface area contributed by atoms with E-state index in [1.54, 1.807) is 10.6 Å². The molecule has 2 aliphatic carbocycles. The Hall–Kier alpha value is -2.84. The second-order valence-electron chi connectivity index (χ2n) is 7.29. The molecule has 3 aromatic rings. The topological polar surface area (TPSA) is 70.7 Å².